The maximum absolute atomic E-state index is 13.7. The van der Waals surface area contributed by atoms with Crippen molar-refractivity contribution in [3.63, 3.8) is 0 Å². The summed E-state index contributed by atoms with van der Waals surface area (Å²) >= 11 is 12.0. The quantitative estimate of drug-likeness (QED) is 0.147. The number of carbonyl (C=O) groups excluding carboxylic acids is 1. The first-order valence-corrected chi connectivity index (χ1v) is 16.2. The largest absolute Gasteiger partial charge is 0.497 e. The average Bonchev–Trinajstić information content (AvgIpc) is 2.98. The van der Waals surface area contributed by atoms with Crippen LogP contribution < -0.4 is 19.1 Å². The predicted octanol–water partition coefficient (Wildman–Crippen LogP) is 5.85. The molecule has 230 valence electrons. The number of sulfonamides is 2. The third-order valence-electron chi connectivity index (χ3n) is 6.26. The van der Waals surface area contributed by atoms with Crippen molar-refractivity contribution in [1.29, 1.82) is 0 Å². The molecule has 0 atom stereocenters. The number of nitrogens with zero attached hydrogens (tertiary/aromatic N) is 2. The Morgan fingerprint density at radius 3 is 2.18 bits per heavy atom. The highest BCUT2D eigenvalue weighted by Crippen LogP contribution is 2.32. The van der Waals surface area contributed by atoms with Gasteiger partial charge >= 0.3 is 0 Å². The molecule has 44 heavy (non-hydrogen) atoms. The van der Waals surface area contributed by atoms with Crippen LogP contribution in [0.1, 0.15) is 5.56 Å². The molecule has 1 amide bonds. The third kappa shape index (κ3) is 7.22. The summed E-state index contributed by atoms with van der Waals surface area (Å²) in [5, 5.41) is 14.2. The fourth-order valence-electron chi connectivity index (χ4n) is 3.97. The van der Waals surface area contributed by atoms with Crippen molar-refractivity contribution < 1.29 is 31.3 Å². The van der Waals surface area contributed by atoms with E-state index in [0.29, 0.717) is 5.75 Å². The lowest BCUT2D eigenvalue weighted by Crippen LogP contribution is -2.38. The second-order valence-corrected chi connectivity index (χ2v) is 13.5. The van der Waals surface area contributed by atoms with E-state index >= 15 is 0 Å². The van der Waals surface area contributed by atoms with Crippen LogP contribution in [0, 0.1) is 17.0 Å². The predicted molar refractivity (Wildman–Crippen MR) is 168 cm³/mol. The van der Waals surface area contributed by atoms with Crippen molar-refractivity contribution >= 4 is 71.9 Å². The van der Waals surface area contributed by atoms with Gasteiger partial charge < -0.3 is 10.1 Å². The summed E-state index contributed by atoms with van der Waals surface area (Å²) in [6.07, 6.45) is 0. The van der Waals surface area contributed by atoms with E-state index in [4.69, 9.17) is 27.9 Å². The molecule has 0 aliphatic heterocycles. The van der Waals surface area contributed by atoms with Crippen LogP contribution in [0.5, 0.6) is 5.75 Å². The summed E-state index contributed by atoms with van der Waals surface area (Å²) in [7, 11) is -7.12. The molecule has 0 bridgehead atoms. The van der Waals surface area contributed by atoms with Crippen LogP contribution in [0.15, 0.2) is 94.7 Å². The Kier molecular flexibility index (Phi) is 9.69. The van der Waals surface area contributed by atoms with Crippen molar-refractivity contribution in [1.82, 2.24) is 0 Å². The zero-order valence-corrected chi connectivity index (χ0v) is 26.2. The number of ether oxygens (including phenoxy) is 1. The number of methoxy groups -OCH3 is 1. The van der Waals surface area contributed by atoms with Gasteiger partial charge in [-0.05, 0) is 73.7 Å². The minimum absolute atomic E-state index is 0.0261. The van der Waals surface area contributed by atoms with E-state index in [1.165, 1.54) is 92.9 Å². The number of anilines is 3. The van der Waals surface area contributed by atoms with Crippen molar-refractivity contribution in [2.24, 2.45) is 0 Å². The number of carbonyl (C=O) groups is 1. The fourth-order valence-corrected chi connectivity index (χ4v) is 6.89. The number of hydrogen-bond acceptors (Lipinski definition) is 8. The van der Waals surface area contributed by atoms with Crippen LogP contribution in [0.2, 0.25) is 10.0 Å². The van der Waals surface area contributed by atoms with E-state index in [1.807, 2.05) is 0 Å². The minimum Gasteiger partial charge on any atom is -0.497 e. The van der Waals surface area contributed by atoms with E-state index in [2.05, 4.69) is 10.0 Å². The molecule has 2 N–H and O–H groups in total. The average molecular weight is 680 g/mol. The fraction of sp³-hybridized carbons (Fsp3) is 0.107. The summed E-state index contributed by atoms with van der Waals surface area (Å²) in [5.74, 6) is -0.339. The number of nitro benzene ring substituents is 1. The Morgan fingerprint density at radius 1 is 0.932 bits per heavy atom. The van der Waals surface area contributed by atoms with Gasteiger partial charge in [-0.1, -0.05) is 35.3 Å². The van der Waals surface area contributed by atoms with Crippen LogP contribution in [-0.4, -0.2) is 41.3 Å². The van der Waals surface area contributed by atoms with Gasteiger partial charge in [0.05, 0.1) is 43.2 Å². The summed E-state index contributed by atoms with van der Waals surface area (Å²) in [4.78, 5) is 23.4. The lowest BCUT2D eigenvalue weighted by atomic mass is 10.2. The number of amides is 1. The van der Waals surface area contributed by atoms with E-state index in [0.717, 1.165) is 10.4 Å². The molecule has 0 saturated carbocycles. The van der Waals surface area contributed by atoms with Gasteiger partial charge in [-0.3, -0.25) is 23.9 Å². The van der Waals surface area contributed by atoms with Crippen LogP contribution in [0.25, 0.3) is 0 Å². The molecule has 0 saturated heterocycles. The van der Waals surface area contributed by atoms with Crippen LogP contribution in [-0.2, 0) is 24.8 Å². The molecular weight excluding hydrogens is 655 g/mol. The van der Waals surface area contributed by atoms with E-state index in [-0.39, 0.29) is 42.5 Å². The molecule has 4 rings (SSSR count). The standard InChI is InChI=1S/C28H24Cl2N4O8S2/c1-18-6-13-23(16-26(18)34(36)37)44(40,41)33(20-9-11-21(42-2)12-10-20)17-27(35)31-19-7-14-22(15-8-19)43(38,39)32-25-5-3-4-24(29)28(25)30/h3-16,32H,17H2,1-2H3,(H,31,35). The van der Waals surface area contributed by atoms with E-state index < -0.39 is 43.1 Å². The third-order valence-corrected chi connectivity index (χ3v) is 10.2. The summed E-state index contributed by atoms with van der Waals surface area (Å²) in [6.45, 7) is 0.757. The maximum atomic E-state index is 13.7. The van der Waals surface area contributed by atoms with Gasteiger partial charge in [-0.2, -0.15) is 0 Å². The highest BCUT2D eigenvalue weighted by atomic mass is 35.5. The number of nitrogens with one attached hydrogen (secondary N) is 2. The van der Waals surface area contributed by atoms with Gasteiger partial charge in [0.25, 0.3) is 25.7 Å². The van der Waals surface area contributed by atoms with Crippen LogP contribution in [0.4, 0.5) is 22.7 Å². The Balaban J connectivity index is 1.58. The summed E-state index contributed by atoms with van der Waals surface area (Å²) in [5.41, 5.74) is 0.214. The molecule has 0 aromatic heterocycles. The first kappa shape index (κ1) is 32.5. The van der Waals surface area contributed by atoms with Crippen LogP contribution in [0.3, 0.4) is 0 Å². The van der Waals surface area contributed by atoms with Gasteiger partial charge in [-0.25, -0.2) is 16.8 Å². The minimum atomic E-state index is -4.48. The number of aryl methyl sites for hydroxylation is 1. The van der Waals surface area contributed by atoms with Crippen molar-refractivity contribution in [3.8, 4) is 5.75 Å². The molecule has 4 aromatic carbocycles. The lowest BCUT2D eigenvalue weighted by Gasteiger charge is -2.24. The zero-order valence-electron chi connectivity index (χ0n) is 23.0. The topological polar surface area (TPSA) is 165 Å². The number of benzene rings is 4. The Morgan fingerprint density at radius 2 is 1.57 bits per heavy atom. The van der Waals surface area contributed by atoms with E-state index in [9.17, 15) is 31.7 Å². The molecular formula is C28H24Cl2N4O8S2. The molecule has 12 nitrogen and oxygen atoms in total. The van der Waals surface area contributed by atoms with Gasteiger partial charge in [0.2, 0.25) is 5.91 Å². The number of rotatable bonds is 11. The number of nitro groups is 1. The van der Waals surface area contributed by atoms with Crippen LogP contribution >= 0.6 is 23.2 Å². The first-order valence-electron chi connectivity index (χ1n) is 12.5. The second-order valence-electron chi connectivity index (χ2n) is 9.19. The lowest BCUT2D eigenvalue weighted by molar-refractivity contribution is -0.385. The molecule has 0 unspecified atom stereocenters. The normalized spacial score (nSPS) is 11.5. The zero-order chi connectivity index (χ0) is 32.2. The first-order chi connectivity index (χ1) is 20.7. The summed E-state index contributed by atoms with van der Waals surface area (Å²) < 4.78 is 61.4. The number of halogens is 2. The highest BCUT2D eigenvalue weighted by Gasteiger charge is 2.29. The van der Waals surface area contributed by atoms with Gasteiger partial charge in [0, 0.05) is 17.3 Å². The molecule has 0 aliphatic rings. The van der Waals surface area contributed by atoms with Gasteiger partial charge in [0.1, 0.15) is 12.3 Å². The Bertz CT molecular complexity index is 1940. The number of hydrogen-bond donors (Lipinski definition) is 2. The summed E-state index contributed by atoms with van der Waals surface area (Å²) in [6, 6.07) is 18.9. The van der Waals surface area contributed by atoms with Gasteiger partial charge in [-0.15, -0.1) is 0 Å². The monoisotopic (exact) mass is 678 g/mol. The Hall–Kier alpha value is -4.37. The van der Waals surface area contributed by atoms with E-state index in [1.54, 1.807) is 0 Å². The smallest absolute Gasteiger partial charge is 0.273 e. The Labute approximate surface area is 263 Å². The SMILES string of the molecule is COc1ccc(N(CC(=O)Nc2ccc(S(=O)(=O)Nc3cccc(Cl)c3Cl)cc2)S(=O)(=O)c2ccc(C)c([N+](=O)[O-])c2)cc1. The molecule has 16 heteroatoms. The highest BCUT2D eigenvalue weighted by molar-refractivity contribution is 7.93. The molecule has 0 aliphatic carbocycles. The van der Waals surface area contributed by atoms with Crippen molar-refractivity contribution in [2.45, 2.75) is 16.7 Å². The maximum Gasteiger partial charge on any atom is 0.273 e. The second kappa shape index (κ2) is 13.1. The molecule has 0 heterocycles. The molecule has 0 fully saturated rings. The molecule has 0 spiro atoms. The van der Waals surface area contributed by atoms with Gasteiger partial charge in [0.15, 0.2) is 0 Å². The molecule has 4 aromatic rings. The van der Waals surface area contributed by atoms with Crippen molar-refractivity contribution in [3.05, 3.63) is 111 Å². The van der Waals surface area contributed by atoms with Crippen molar-refractivity contribution in [2.75, 3.05) is 28.0 Å². The molecule has 0 radical (unpaired) electrons.